The Balaban J connectivity index is 0.00000420. The number of amides is 1. The molecule has 1 fully saturated rings. The highest BCUT2D eigenvalue weighted by atomic mass is 35.5. The predicted octanol–water partition coefficient (Wildman–Crippen LogP) is 6.00. The van der Waals surface area contributed by atoms with Gasteiger partial charge in [-0.1, -0.05) is 97.4 Å². The molecule has 3 aromatic carbocycles. The van der Waals surface area contributed by atoms with Crippen molar-refractivity contribution in [3.05, 3.63) is 108 Å². The lowest BCUT2D eigenvalue weighted by Crippen LogP contribution is -2.50. The second kappa shape index (κ2) is 16.0. The van der Waals surface area contributed by atoms with E-state index in [1.807, 2.05) is 42.5 Å². The monoisotopic (exact) mass is 549 g/mol. The molecule has 1 saturated heterocycles. The molecule has 7 heteroatoms. The smallest absolute Gasteiger partial charge is 0.424 e. The Labute approximate surface area is 238 Å². The summed E-state index contributed by atoms with van der Waals surface area (Å²) in [6.07, 6.45) is 5.96. The Morgan fingerprint density at radius 2 is 1.44 bits per heavy atom. The second-order valence-electron chi connectivity index (χ2n) is 9.97. The summed E-state index contributed by atoms with van der Waals surface area (Å²) in [4.78, 5) is 27.1. The molecule has 0 radical (unpaired) electrons. The summed E-state index contributed by atoms with van der Waals surface area (Å²) < 4.78 is 5.54. The maximum Gasteiger partial charge on any atom is 0.424 e. The number of aldehydes is 1. The Kier molecular flexibility index (Phi) is 12.5. The van der Waals surface area contributed by atoms with Gasteiger partial charge in [0, 0.05) is 12.0 Å². The minimum atomic E-state index is -0.565. The van der Waals surface area contributed by atoms with Gasteiger partial charge in [-0.05, 0) is 62.0 Å². The first-order valence-electron chi connectivity index (χ1n) is 13.7. The minimum Gasteiger partial charge on any atom is -0.444 e. The average molecular weight is 550 g/mol. The van der Waals surface area contributed by atoms with Gasteiger partial charge in [-0.25, -0.2) is 15.2 Å². The van der Waals surface area contributed by atoms with Gasteiger partial charge in [0.2, 0.25) is 0 Å². The third-order valence-electron chi connectivity index (χ3n) is 7.43. The van der Waals surface area contributed by atoms with E-state index in [9.17, 15) is 9.59 Å². The molecule has 1 aliphatic heterocycles. The number of carbonyl (C=O) groups excluding carboxylic acids is 2. The molecular formula is C32H40ClN3O3. The van der Waals surface area contributed by atoms with Crippen LogP contribution in [0.4, 0.5) is 4.79 Å². The number of nitrogens with zero attached hydrogens (tertiary/aromatic N) is 2. The van der Waals surface area contributed by atoms with E-state index < -0.39 is 6.09 Å². The van der Waals surface area contributed by atoms with Crippen LogP contribution in [0.5, 0.6) is 0 Å². The third-order valence-corrected chi connectivity index (χ3v) is 7.43. The van der Waals surface area contributed by atoms with Crippen LogP contribution in [0.3, 0.4) is 0 Å². The van der Waals surface area contributed by atoms with Crippen molar-refractivity contribution in [1.82, 2.24) is 15.3 Å². The fourth-order valence-corrected chi connectivity index (χ4v) is 5.36. The van der Waals surface area contributed by atoms with E-state index in [2.05, 4.69) is 58.9 Å². The van der Waals surface area contributed by atoms with Crippen molar-refractivity contribution in [2.45, 2.75) is 44.1 Å². The molecule has 1 aliphatic rings. The maximum absolute atomic E-state index is 13.0. The number of hydrogen-bond acceptors (Lipinski definition) is 5. The Morgan fingerprint density at radius 1 is 0.872 bits per heavy atom. The third kappa shape index (κ3) is 8.65. The summed E-state index contributed by atoms with van der Waals surface area (Å²) in [5, 5.41) is 1.29. The largest absolute Gasteiger partial charge is 0.444 e. The first-order chi connectivity index (χ1) is 18.7. The lowest BCUT2D eigenvalue weighted by molar-refractivity contribution is -0.109. The van der Waals surface area contributed by atoms with Crippen molar-refractivity contribution in [3.63, 3.8) is 0 Å². The van der Waals surface area contributed by atoms with Crippen molar-refractivity contribution in [2.75, 3.05) is 32.7 Å². The normalized spacial score (nSPS) is 13.7. The average Bonchev–Trinajstić information content (AvgIpc) is 2.99. The first kappa shape index (κ1) is 30.4. The van der Waals surface area contributed by atoms with E-state index in [1.165, 1.54) is 48.5 Å². The number of ether oxygens (including phenoxy) is 1. The number of nitrogens with one attached hydrogen (secondary N) is 1. The topological polar surface area (TPSA) is 61.9 Å². The zero-order chi connectivity index (χ0) is 26.5. The number of piperidine rings is 1. The zero-order valence-electron chi connectivity index (χ0n) is 22.5. The molecule has 208 valence electrons. The molecule has 6 nitrogen and oxygen atoms in total. The zero-order valence-corrected chi connectivity index (χ0v) is 23.4. The van der Waals surface area contributed by atoms with Crippen molar-refractivity contribution < 1.29 is 14.3 Å². The number of hydrogen-bond donors (Lipinski definition) is 1. The molecule has 0 saturated carbocycles. The summed E-state index contributed by atoms with van der Waals surface area (Å²) in [5.41, 5.74) is 6.17. The van der Waals surface area contributed by atoms with Crippen LogP contribution >= 0.6 is 12.4 Å². The molecule has 0 spiro atoms. The lowest BCUT2D eigenvalue weighted by atomic mass is 9.71. The van der Waals surface area contributed by atoms with Crippen LogP contribution in [0, 0.1) is 0 Å². The van der Waals surface area contributed by atoms with E-state index in [0.717, 1.165) is 31.2 Å². The number of likely N-dealkylation sites (tertiary alicyclic amines) is 1. The molecule has 4 rings (SSSR count). The van der Waals surface area contributed by atoms with Crippen molar-refractivity contribution >= 4 is 24.8 Å². The van der Waals surface area contributed by atoms with Crippen LogP contribution < -0.4 is 5.43 Å². The van der Waals surface area contributed by atoms with E-state index in [1.54, 1.807) is 0 Å². The van der Waals surface area contributed by atoms with Gasteiger partial charge in [0.25, 0.3) is 0 Å². The van der Waals surface area contributed by atoms with Crippen LogP contribution in [-0.4, -0.2) is 55.0 Å². The van der Waals surface area contributed by atoms with Gasteiger partial charge in [-0.3, -0.25) is 0 Å². The van der Waals surface area contributed by atoms with Crippen LogP contribution in [0.2, 0.25) is 0 Å². The summed E-state index contributed by atoms with van der Waals surface area (Å²) in [7, 11) is 0. The van der Waals surface area contributed by atoms with Gasteiger partial charge in [-0.2, -0.15) is 0 Å². The molecule has 0 aromatic heterocycles. The summed E-state index contributed by atoms with van der Waals surface area (Å²) in [5.74, 6) is 0. The predicted molar refractivity (Wildman–Crippen MR) is 158 cm³/mol. The van der Waals surface area contributed by atoms with E-state index in [-0.39, 0.29) is 31.0 Å². The SMILES string of the molecule is Cl.O=CCN(NCC(CCCN1CCCCC1)(c1ccccc1)c1ccccc1)C(=O)OCc1ccccc1. The molecule has 0 bridgehead atoms. The molecule has 0 atom stereocenters. The van der Waals surface area contributed by atoms with Gasteiger partial charge in [-0.15, -0.1) is 12.4 Å². The molecule has 1 N–H and O–H groups in total. The molecule has 0 aliphatic carbocycles. The fraction of sp³-hybridized carbons (Fsp3) is 0.375. The summed E-state index contributed by atoms with van der Waals surface area (Å²) in [6, 6.07) is 30.5. The molecule has 39 heavy (non-hydrogen) atoms. The number of hydrazine groups is 1. The van der Waals surface area contributed by atoms with Crippen LogP contribution in [-0.2, 0) is 21.6 Å². The van der Waals surface area contributed by atoms with Crippen LogP contribution in [0.15, 0.2) is 91.0 Å². The summed E-state index contributed by atoms with van der Waals surface area (Å²) >= 11 is 0. The van der Waals surface area contributed by atoms with Crippen molar-refractivity contribution in [1.29, 1.82) is 0 Å². The van der Waals surface area contributed by atoms with Gasteiger partial charge in [0.15, 0.2) is 0 Å². The lowest BCUT2D eigenvalue weighted by Gasteiger charge is -2.38. The van der Waals surface area contributed by atoms with Crippen LogP contribution in [0.1, 0.15) is 48.8 Å². The Morgan fingerprint density at radius 3 is 2.00 bits per heavy atom. The molecule has 3 aromatic rings. The summed E-state index contributed by atoms with van der Waals surface area (Å²) in [6.45, 7) is 3.90. The van der Waals surface area contributed by atoms with Crippen LogP contribution in [0.25, 0.3) is 0 Å². The quantitative estimate of drug-likeness (QED) is 0.209. The molecule has 0 unspecified atom stereocenters. The Bertz CT molecular complexity index is 1070. The fourth-order valence-electron chi connectivity index (χ4n) is 5.36. The molecule has 1 heterocycles. The minimum absolute atomic E-state index is 0. The highest BCUT2D eigenvalue weighted by Crippen LogP contribution is 2.37. The number of halogens is 1. The van der Waals surface area contributed by atoms with Crippen molar-refractivity contribution in [2.24, 2.45) is 0 Å². The van der Waals surface area contributed by atoms with E-state index >= 15 is 0 Å². The highest BCUT2D eigenvalue weighted by molar-refractivity contribution is 5.85. The molecular weight excluding hydrogens is 510 g/mol. The van der Waals surface area contributed by atoms with Gasteiger partial charge >= 0.3 is 6.09 Å². The number of carbonyl (C=O) groups is 2. The standard InChI is InChI=1S/C32H39N3O3.ClH/c36-25-24-35(31(37)38-26-28-14-5-1-6-15-28)33-27-32(29-16-7-2-8-17-29,30-18-9-3-10-19-30)20-13-23-34-21-11-4-12-22-34;/h1-3,5-10,14-19,25,33H,4,11-13,20-24,26-27H2;1H. The maximum atomic E-state index is 13.0. The number of rotatable bonds is 13. The Hall–Kier alpha value is -3.19. The van der Waals surface area contributed by atoms with E-state index in [4.69, 9.17) is 4.74 Å². The van der Waals surface area contributed by atoms with E-state index in [0.29, 0.717) is 6.54 Å². The van der Waals surface area contributed by atoms with Gasteiger partial charge in [0.05, 0.1) is 6.54 Å². The van der Waals surface area contributed by atoms with Gasteiger partial charge in [0.1, 0.15) is 12.9 Å². The van der Waals surface area contributed by atoms with Gasteiger partial charge < -0.3 is 14.4 Å². The second-order valence-corrected chi connectivity index (χ2v) is 9.97. The van der Waals surface area contributed by atoms with Crippen molar-refractivity contribution in [3.8, 4) is 0 Å². The number of benzene rings is 3. The first-order valence-corrected chi connectivity index (χ1v) is 13.7. The molecule has 1 amide bonds. The highest BCUT2D eigenvalue weighted by Gasteiger charge is 2.35.